The molecule has 12 heavy (non-hydrogen) atoms. The number of hydrogen-bond acceptors (Lipinski definition) is 2. The minimum absolute atomic E-state index is 0.00186. The van der Waals surface area contributed by atoms with Crippen LogP contribution in [0.3, 0.4) is 0 Å². The molecular formula is C10H20OS. The van der Waals surface area contributed by atoms with Crippen molar-refractivity contribution in [3.8, 4) is 0 Å². The molecule has 0 saturated heterocycles. The van der Waals surface area contributed by atoms with Gasteiger partial charge in [0, 0.05) is 17.6 Å². The summed E-state index contributed by atoms with van der Waals surface area (Å²) in [7, 11) is 0. The average Bonchev–Trinajstić information content (AvgIpc) is 1.95. The molecule has 0 radical (unpaired) electrons. The molecule has 0 saturated carbocycles. The van der Waals surface area contributed by atoms with Gasteiger partial charge in [-0.05, 0) is 12.8 Å². The maximum atomic E-state index is 11.2. The van der Waals surface area contributed by atoms with Crippen LogP contribution in [0.2, 0.25) is 0 Å². The lowest BCUT2D eigenvalue weighted by Gasteiger charge is -2.15. The molecule has 0 aromatic heterocycles. The van der Waals surface area contributed by atoms with Gasteiger partial charge in [0.25, 0.3) is 0 Å². The van der Waals surface area contributed by atoms with Crippen molar-refractivity contribution >= 4 is 18.4 Å². The van der Waals surface area contributed by atoms with Gasteiger partial charge in [0.15, 0.2) is 0 Å². The first-order chi connectivity index (χ1) is 5.45. The largest absolute Gasteiger partial charge is 0.300 e. The minimum atomic E-state index is 0.00186. The lowest BCUT2D eigenvalue weighted by atomic mass is 10.0. The van der Waals surface area contributed by atoms with E-state index in [9.17, 15) is 4.79 Å². The summed E-state index contributed by atoms with van der Waals surface area (Å²) in [5, 5.41) is 0. The van der Waals surface area contributed by atoms with Crippen molar-refractivity contribution in [1.29, 1.82) is 0 Å². The lowest BCUT2D eigenvalue weighted by Crippen LogP contribution is -2.12. The molecule has 0 unspecified atom stereocenters. The van der Waals surface area contributed by atoms with Crippen molar-refractivity contribution in [3.63, 3.8) is 0 Å². The highest BCUT2D eigenvalue weighted by atomic mass is 32.1. The van der Waals surface area contributed by atoms with Crippen molar-refractivity contribution in [2.24, 2.45) is 0 Å². The second-order valence-electron chi connectivity index (χ2n) is 3.95. The maximum absolute atomic E-state index is 11.2. The van der Waals surface area contributed by atoms with Crippen LogP contribution in [0.1, 0.15) is 52.9 Å². The summed E-state index contributed by atoms with van der Waals surface area (Å²) in [6, 6.07) is 0. The molecule has 0 aliphatic heterocycles. The molecule has 0 amide bonds. The van der Waals surface area contributed by atoms with Crippen molar-refractivity contribution < 1.29 is 4.79 Å². The quantitative estimate of drug-likeness (QED) is 0.633. The summed E-state index contributed by atoms with van der Waals surface area (Å²) in [5.74, 6) is 0.388. The normalized spacial score (nSPS) is 11.7. The van der Waals surface area contributed by atoms with E-state index in [0.717, 1.165) is 25.7 Å². The Morgan fingerprint density at radius 1 is 1.33 bits per heavy atom. The summed E-state index contributed by atoms with van der Waals surface area (Å²) < 4.78 is 0.00186. The average molecular weight is 188 g/mol. The van der Waals surface area contributed by atoms with Gasteiger partial charge in [-0.2, -0.15) is 12.6 Å². The highest BCUT2D eigenvalue weighted by Crippen LogP contribution is 2.19. The number of hydrogen-bond donors (Lipinski definition) is 1. The molecule has 0 aromatic carbocycles. The van der Waals surface area contributed by atoms with Crippen LogP contribution in [0.5, 0.6) is 0 Å². The summed E-state index contributed by atoms with van der Waals surface area (Å²) in [5.41, 5.74) is 0. The Morgan fingerprint density at radius 3 is 2.33 bits per heavy atom. The Labute approximate surface area is 81.3 Å². The van der Waals surface area contributed by atoms with Gasteiger partial charge in [-0.25, -0.2) is 0 Å². The van der Waals surface area contributed by atoms with Crippen LogP contribution in [0.25, 0.3) is 0 Å². The van der Waals surface area contributed by atoms with E-state index in [1.165, 1.54) is 0 Å². The first kappa shape index (κ1) is 12.0. The van der Waals surface area contributed by atoms with Gasteiger partial charge in [-0.15, -0.1) is 0 Å². The van der Waals surface area contributed by atoms with Crippen LogP contribution in [0.15, 0.2) is 0 Å². The zero-order valence-electron chi connectivity index (χ0n) is 8.39. The van der Waals surface area contributed by atoms with Crippen molar-refractivity contribution in [3.05, 3.63) is 0 Å². The van der Waals surface area contributed by atoms with Crippen LogP contribution in [-0.2, 0) is 4.79 Å². The van der Waals surface area contributed by atoms with E-state index < -0.39 is 0 Å². The number of carbonyl (C=O) groups is 1. The summed E-state index contributed by atoms with van der Waals surface area (Å²) in [6.07, 6.45) is 4.47. The molecular weight excluding hydrogens is 168 g/mol. The molecule has 0 heterocycles. The lowest BCUT2D eigenvalue weighted by molar-refractivity contribution is -0.119. The SMILES string of the molecule is CCCCC(=O)CCC(C)(C)S. The standard InChI is InChI=1S/C10H20OS/c1-4-5-6-9(11)7-8-10(2,3)12/h12H,4-8H2,1-3H3. The smallest absolute Gasteiger partial charge is 0.132 e. The molecule has 0 atom stereocenters. The first-order valence-electron chi connectivity index (χ1n) is 4.70. The Bertz CT molecular complexity index is 135. The minimum Gasteiger partial charge on any atom is -0.300 e. The third kappa shape index (κ3) is 8.12. The predicted octanol–water partition coefficient (Wildman–Crippen LogP) is 3.23. The fourth-order valence-electron chi connectivity index (χ4n) is 0.944. The van der Waals surface area contributed by atoms with Crippen molar-refractivity contribution in [2.75, 3.05) is 0 Å². The summed E-state index contributed by atoms with van der Waals surface area (Å²) in [6.45, 7) is 6.20. The molecule has 0 N–H and O–H groups in total. The first-order valence-corrected chi connectivity index (χ1v) is 5.14. The molecule has 0 aliphatic carbocycles. The summed E-state index contributed by atoms with van der Waals surface area (Å²) >= 11 is 4.37. The number of carbonyl (C=O) groups excluding carboxylic acids is 1. The van der Waals surface area contributed by atoms with Gasteiger partial charge >= 0.3 is 0 Å². The number of rotatable bonds is 6. The third-order valence-corrected chi connectivity index (χ3v) is 2.05. The van der Waals surface area contributed by atoms with E-state index >= 15 is 0 Å². The highest BCUT2D eigenvalue weighted by Gasteiger charge is 2.13. The molecule has 0 fully saturated rings. The van der Waals surface area contributed by atoms with Crippen LogP contribution in [0.4, 0.5) is 0 Å². The van der Waals surface area contributed by atoms with Crippen molar-refractivity contribution in [2.45, 2.75) is 57.6 Å². The molecule has 0 aromatic rings. The predicted molar refractivity (Wildman–Crippen MR) is 56.8 cm³/mol. The van der Waals surface area contributed by atoms with E-state index in [-0.39, 0.29) is 4.75 Å². The zero-order valence-corrected chi connectivity index (χ0v) is 9.29. The topological polar surface area (TPSA) is 17.1 Å². The number of ketones is 1. The Morgan fingerprint density at radius 2 is 1.92 bits per heavy atom. The van der Waals surface area contributed by atoms with Gasteiger partial charge in [-0.1, -0.05) is 27.2 Å². The van der Waals surface area contributed by atoms with Crippen LogP contribution < -0.4 is 0 Å². The Kier molecular flexibility index (Phi) is 5.64. The molecule has 0 spiro atoms. The second-order valence-corrected chi connectivity index (χ2v) is 5.17. The van der Waals surface area contributed by atoms with E-state index in [0.29, 0.717) is 12.2 Å². The van der Waals surface area contributed by atoms with Gasteiger partial charge in [-0.3, -0.25) is 4.79 Å². The highest BCUT2D eigenvalue weighted by molar-refractivity contribution is 7.81. The van der Waals surface area contributed by atoms with Crippen LogP contribution in [-0.4, -0.2) is 10.5 Å². The van der Waals surface area contributed by atoms with Gasteiger partial charge in [0.2, 0.25) is 0 Å². The molecule has 0 aliphatic rings. The fourth-order valence-corrected chi connectivity index (χ4v) is 1.06. The van der Waals surface area contributed by atoms with E-state index in [1.807, 2.05) is 13.8 Å². The number of thiol groups is 1. The van der Waals surface area contributed by atoms with Gasteiger partial charge in [0.1, 0.15) is 5.78 Å². The van der Waals surface area contributed by atoms with Crippen LogP contribution >= 0.6 is 12.6 Å². The maximum Gasteiger partial charge on any atom is 0.132 e. The fraction of sp³-hybridized carbons (Fsp3) is 0.900. The molecule has 72 valence electrons. The Hall–Kier alpha value is 0.0200. The number of unbranched alkanes of at least 4 members (excludes halogenated alkanes) is 1. The molecule has 2 heteroatoms. The van der Waals surface area contributed by atoms with Crippen LogP contribution in [0, 0.1) is 0 Å². The molecule has 1 nitrogen and oxygen atoms in total. The monoisotopic (exact) mass is 188 g/mol. The van der Waals surface area contributed by atoms with E-state index in [4.69, 9.17) is 0 Å². The number of Topliss-reactive ketones (excluding diaryl/α,β-unsaturated/α-hetero) is 1. The van der Waals surface area contributed by atoms with E-state index in [2.05, 4.69) is 19.6 Å². The van der Waals surface area contributed by atoms with E-state index in [1.54, 1.807) is 0 Å². The molecule has 0 rings (SSSR count). The third-order valence-electron chi connectivity index (χ3n) is 1.82. The van der Waals surface area contributed by atoms with Gasteiger partial charge < -0.3 is 0 Å². The molecule has 0 bridgehead atoms. The zero-order chi connectivity index (χ0) is 9.61. The second kappa shape index (κ2) is 5.63. The van der Waals surface area contributed by atoms with Crippen molar-refractivity contribution in [1.82, 2.24) is 0 Å². The van der Waals surface area contributed by atoms with Gasteiger partial charge in [0.05, 0.1) is 0 Å². The Balaban J connectivity index is 3.44. The summed E-state index contributed by atoms with van der Waals surface area (Å²) in [4.78, 5) is 11.2.